The van der Waals surface area contributed by atoms with E-state index in [1.807, 2.05) is 0 Å². The van der Waals surface area contributed by atoms with E-state index < -0.39 is 0 Å². The van der Waals surface area contributed by atoms with Gasteiger partial charge in [-0.15, -0.1) is 0 Å². The quantitative estimate of drug-likeness (QED) is 0.671. The van der Waals surface area contributed by atoms with E-state index in [0.29, 0.717) is 6.61 Å². The molecule has 0 spiro atoms. The molecule has 0 aromatic heterocycles. The SMILES string of the molecule is OCCCCCCN1CCC2CCC(C1)N2. The van der Waals surface area contributed by atoms with Gasteiger partial charge in [-0.1, -0.05) is 12.8 Å². The summed E-state index contributed by atoms with van der Waals surface area (Å²) in [5, 5.41) is 12.4. The molecule has 2 bridgehead atoms. The molecule has 2 unspecified atom stereocenters. The van der Waals surface area contributed by atoms with E-state index in [-0.39, 0.29) is 0 Å². The van der Waals surface area contributed by atoms with Crippen molar-refractivity contribution in [3.05, 3.63) is 0 Å². The molecule has 2 rings (SSSR count). The Morgan fingerprint density at radius 2 is 1.81 bits per heavy atom. The average molecular weight is 226 g/mol. The summed E-state index contributed by atoms with van der Waals surface area (Å²) in [6.45, 7) is 4.17. The predicted molar refractivity (Wildman–Crippen MR) is 66.6 cm³/mol. The minimum Gasteiger partial charge on any atom is -0.396 e. The first kappa shape index (κ1) is 12.3. The molecule has 16 heavy (non-hydrogen) atoms. The van der Waals surface area contributed by atoms with E-state index in [1.165, 1.54) is 58.2 Å². The van der Waals surface area contributed by atoms with Gasteiger partial charge in [0.05, 0.1) is 0 Å². The van der Waals surface area contributed by atoms with Crippen LogP contribution in [0.5, 0.6) is 0 Å². The molecular formula is C13H26N2O. The topological polar surface area (TPSA) is 35.5 Å². The van der Waals surface area contributed by atoms with Crippen LogP contribution >= 0.6 is 0 Å². The molecule has 2 saturated heterocycles. The smallest absolute Gasteiger partial charge is 0.0431 e. The van der Waals surface area contributed by atoms with Crippen molar-refractivity contribution in [1.82, 2.24) is 10.2 Å². The Bertz CT molecular complexity index is 198. The molecule has 0 aromatic carbocycles. The Hall–Kier alpha value is -0.120. The number of hydrogen-bond donors (Lipinski definition) is 2. The third-order valence-corrected chi connectivity index (χ3v) is 3.99. The molecule has 94 valence electrons. The maximum Gasteiger partial charge on any atom is 0.0431 e. The third-order valence-electron chi connectivity index (χ3n) is 3.99. The van der Waals surface area contributed by atoms with Crippen molar-refractivity contribution in [3.63, 3.8) is 0 Å². The molecule has 0 saturated carbocycles. The lowest BCUT2D eigenvalue weighted by atomic mass is 10.1. The van der Waals surface area contributed by atoms with Gasteiger partial charge in [0.25, 0.3) is 0 Å². The van der Waals surface area contributed by atoms with Gasteiger partial charge in [0.2, 0.25) is 0 Å². The van der Waals surface area contributed by atoms with Gasteiger partial charge in [-0.25, -0.2) is 0 Å². The summed E-state index contributed by atoms with van der Waals surface area (Å²) in [4.78, 5) is 2.63. The number of hydrogen-bond acceptors (Lipinski definition) is 3. The van der Waals surface area contributed by atoms with Gasteiger partial charge in [-0.3, -0.25) is 0 Å². The molecule has 0 aromatic rings. The van der Waals surface area contributed by atoms with Crippen molar-refractivity contribution in [2.45, 2.75) is 57.0 Å². The van der Waals surface area contributed by atoms with Gasteiger partial charge in [-0.05, 0) is 45.2 Å². The zero-order valence-electron chi connectivity index (χ0n) is 10.3. The molecule has 3 heteroatoms. The largest absolute Gasteiger partial charge is 0.396 e. The fourth-order valence-corrected chi connectivity index (χ4v) is 3.02. The Labute approximate surface area is 99.2 Å². The molecule has 2 heterocycles. The highest BCUT2D eigenvalue weighted by atomic mass is 16.2. The maximum atomic E-state index is 8.70. The molecule has 2 N–H and O–H groups in total. The van der Waals surface area contributed by atoms with Crippen molar-refractivity contribution < 1.29 is 5.11 Å². The number of fused-ring (bicyclic) bond motifs is 2. The highest BCUT2D eigenvalue weighted by Crippen LogP contribution is 2.20. The summed E-state index contributed by atoms with van der Waals surface area (Å²) in [6, 6.07) is 1.58. The normalized spacial score (nSPS) is 30.6. The second-order valence-corrected chi connectivity index (χ2v) is 5.36. The Morgan fingerprint density at radius 1 is 1.00 bits per heavy atom. The van der Waals surface area contributed by atoms with Crippen LogP contribution in [0.1, 0.15) is 44.9 Å². The first-order valence-corrected chi connectivity index (χ1v) is 6.98. The number of aliphatic hydroxyl groups excluding tert-OH is 1. The van der Waals surface area contributed by atoms with E-state index in [2.05, 4.69) is 10.2 Å². The lowest BCUT2D eigenvalue weighted by Crippen LogP contribution is -2.35. The van der Waals surface area contributed by atoms with Gasteiger partial charge < -0.3 is 15.3 Å². The number of nitrogens with zero attached hydrogens (tertiary/aromatic N) is 1. The maximum absolute atomic E-state index is 8.70. The summed E-state index contributed by atoms with van der Waals surface area (Å²) in [6.07, 6.45) is 8.87. The Morgan fingerprint density at radius 3 is 2.69 bits per heavy atom. The van der Waals surface area contributed by atoms with Gasteiger partial charge in [0, 0.05) is 25.2 Å². The Kier molecular flexibility index (Phi) is 5.07. The molecule has 2 aliphatic heterocycles. The van der Waals surface area contributed by atoms with Crippen molar-refractivity contribution in [2.75, 3.05) is 26.2 Å². The molecule has 3 nitrogen and oxygen atoms in total. The van der Waals surface area contributed by atoms with Crippen LogP contribution in [0.3, 0.4) is 0 Å². The van der Waals surface area contributed by atoms with Crippen LogP contribution in [0.15, 0.2) is 0 Å². The summed E-state index contributed by atoms with van der Waals surface area (Å²) in [7, 11) is 0. The minimum atomic E-state index is 0.359. The highest BCUT2D eigenvalue weighted by Gasteiger charge is 2.28. The molecule has 0 aliphatic carbocycles. The predicted octanol–water partition coefficient (Wildman–Crippen LogP) is 1.37. The van der Waals surface area contributed by atoms with Gasteiger partial charge in [0.15, 0.2) is 0 Å². The standard InChI is InChI=1S/C13H26N2O/c16-10-4-2-1-3-8-15-9-7-12-5-6-13(11-15)14-12/h12-14,16H,1-11H2. The van der Waals surface area contributed by atoms with E-state index in [1.54, 1.807) is 0 Å². The zero-order valence-corrected chi connectivity index (χ0v) is 10.3. The van der Waals surface area contributed by atoms with Gasteiger partial charge >= 0.3 is 0 Å². The first-order chi connectivity index (χ1) is 7.88. The average Bonchev–Trinajstić information content (AvgIpc) is 2.61. The number of rotatable bonds is 6. The lowest BCUT2D eigenvalue weighted by molar-refractivity contribution is 0.248. The highest BCUT2D eigenvalue weighted by molar-refractivity contribution is 4.89. The fourth-order valence-electron chi connectivity index (χ4n) is 3.02. The van der Waals surface area contributed by atoms with Crippen LogP contribution in [0.2, 0.25) is 0 Å². The van der Waals surface area contributed by atoms with Crippen LogP contribution in [0.4, 0.5) is 0 Å². The van der Waals surface area contributed by atoms with Crippen molar-refractivity contribution in [3.8, 4) is 0 Å². The van der Waals surface area contributed by atoms with E-state index >= 15 is 0 Å². The monoisotopic (exact) mass is 226 g/mol. The van der Waals surface area contributed by atoms with E-state index in [4.69, 9.17) is 5.11 Å². The van der Waals surface area contributed by atoms with E-state index in [9.17, 15) is 0 Å². The summed E-state index contributed by atoms with van der Waals surface area (Å²) in [5.74, 6) is 0. The molecule has 2 fully saturated rings. The first-order valence-electron chi connectivity index (χ1n) is 6.98. The fraction of sp³-hybridized carbons (Fsp3) is 1.00. The lowest BCUT2D eigenvalue weighted by Gasteiger charge is -2.23. The van der Waals surface area contributed by atoms with Crippen molar-refractivity contribution in [1.29, 1.82) is 0 Å². The molecular weight excluding hydrogens is 200 g/mol. The number of likely N-dealkylation sites (tertiary alicyclic amines) is 1. The molecule has 0 amide bonds. The Balaban J connectivity index is 1.59. The second kappa shape index (κ2) is 6.58. The van der Waals surface area contributed by atoms with Crippen LogP contribution in [0.25, 0.3) is 0 Å². The number of unbranched alkanes of at least 4 members (excludes halogenated alkanes) is 3. The molecule has 2 aliphatic rings. The van der Waals surface area contributed by atoms with Gasteiger partial charge in [0.1, 0.15) is 0 Å². The van der Waals surface area contributed by atoms with Crippen LogP contribution in [0, 0.1) is 0 Å². The number of aliphatic hydroxyl groups is 1. The zero-order chi connectivity index (χ0) is 11.2. The second-order valence-electron chi connectivity index (χ2n) is 5.36. The van der Waals surface area contributed by atoms with Crippen molar-refractivity contribution >= 4 is 0 Å². The summed E-state index contributed by atoms with van der Waals surface area (Å²) >= 11 is 0. The van der Waals surface area contributed by atoms with Crippen LogP contribution < -0.4 is 5.32 Å². The summed E-state index contributed by atoms with van der Waals surface area (Å²) < 4.78 is 0. The molecule has 0 radical (unpaired) electrons. The minimum absolute atomic E-state index is 0.359. The van der Waals surface area contributed by atoms with Crippen LogP contribution in [-0.2, 0) is 0 Å². The molecule has 2 atom stereocenters. The summed E-state index contributed by atoms with van der Waals surface area (Å²) in [5.41, 5.74) is 0. The van der Waals surface area contributed by atoms with Crippen LogP contribution in [-0.4, -0.2) is 48.3 Å². The van der Waals surface area contributed by atoms with Gasteiger partial charge in [-0.2, -0.15) is 0 Å². The van der Waals surface area contributed by atoms with E-state index in [0.717, 1.165) is 18.5 Å². The van der Waals surface area contributed by atoms with Crippen molar-refractivity contribution in [2.24, 2.45) is 0 Å². The third kappa shape index (κ3) is 3.72. The number of nitrogens with one attached hydrogen (secondary N) is 1.